The Bertz CT molecular complexity index is 306. The van der Waals surface area contributed by atoms with Crippen LogP contribution in [0.2, 0.25) is 0 Å². The molecule has 0 bridgehead atoms. The van der Waals surface area contributed by atoms with Gasteiger partial charge in [0, 0.05) is 12.2 Å². The van der Waals surface area contributed by atoms with Crippen LogP contribution < -0.4 is 5.32 Å². The maximum atomic E-state index is 11.2. The minimum Gasteiger partial charge on any atom is -0.466 e. The summed E-state index contributed by atoms with van der Waals surface area (Å²) in [7, 11) is 0. The number of anilines is 1. The average Bonchev–Trinajstić information content (AvgIpc) is 2.22. The van der Waals surface area contributed by atoms with E-state index in [0.29, 0.717) is 13.0 Å². The Hall–Kier alpha value is -1.51. The zero-order valence-corrected chi connectivity index (χ0v) is 9.25. The molecule has 0 saturated carbocycles. The number of carbonyl (C=O) groups excluding carboxylic acids is 1. The van der Waals surface area contributed by atoms with Crippen LogP contribution in [0.25, 0.3) is 0 Å². The van der Waals surface area contributed by atoms with E-state index in [1.165, 1.54) is 0 Å². The summed E-state index contributed by atoms with van der Waals surface area (Å²) in [6.45, 7) is 5.20. The predicted octanol–water partition coefficient (Wildman–Crippen LogP) is 2.22. The Morgan fingerprint density at radius 1 is 1.27 bits per heavy atom. The van der Waals surface area contributed by atoms with Gasteiger partial charge in [-0.05, 0) is 31.5 Å². The molecule has 0 aliphatic carbocycles. The van der Waals surface area contributed by atoms with Crippen molar-refractivity contribution in [2.24, 2.45) is 0 Å². The van der Waals surface area contributed by atoms with Gasteiger partial charge >= 0.3 is 5.97 Å². The molecule has 0 unspecified atom stereocenters. The summed E-state index contributed by atoms with van der Waals surface area (Å²) in [5.74, 6) is -0.172. The molecule has 1 aromatic carbocycles. The van der Waals surface area contributed by atoms with Crippen molar-refractivity contribution in [1.82, 2.24) is 0 Å². The van der Waals surface area contributed by atoms with Gasteiger partial charge in [-0.25, -0.2) is 0 Å². The van der Waals surface area contributed by atoms with E-state index in [1.807, 2.05) is 38.1 Å². The number of ether oxygens (including phenoxy) is 1. The molecule has 1 N–H and O–H groups in total. The monoisotopic (exact) mass is 207 g/mol. The SMILES string of the molecule is CCNc1ccc(CC(=O)OCC)cc1. The predicted molar refractivity (Wildman–Crippen MR) is 60.9 cm³/mol. The molecule has 3 nitrogen and oxygen atoms in total. The molecule has 0 fully saturated rings. The van der Waals surface area contributed by atoms with Crippen molar-refractivity contribution in [2.75, 3.05) is 18.5 Å². The highest BCUT2D eigenvalue weighted by Crippen LogP contribution is 2.09. The summed E-state index contributed by atoms with van der Waals surface area (Å²) < 4.78 is 4.87. The minimum absolute atomic E-state index is 0.172. The zero-order chi connectivity index (χ0) is 11.1. The first-order chi connectivity index (χ1) is 7.26. The topological polar surface area (TPSA) is 38.3 Å². The quantitative estimate of drug-likeness (QED) is 0.752. The highest BCUT2D eigenvalue weighted by atomic mass is 16.5. The fourth-order valence-electron chi connectivity index (χ4n) is 1.32. The third-order valence-corrected chi connectivity index (χ3v) is 1.99. The van der Waals surface area contributed by atoms with Gasteiger partial charge in [0.05, 0.1) is 13.0 Å². The number of esters is 1. The second-order valence-corrected chi connectivity index (χ2v) is 3.21. The van der Waals surface area contributed by atoms with Gasteiger partial charge in [-0.2, -0.15) is 0 Å². The summed E-state index contributed by atoms with van der Waals surface area (Å²) in [6, 6.07) is 7.82. The van der Waals surface area contributed by atoms with E-state index >= 15 is 0 Å². The van der Waals surface area contributed by atoms with Crippen LogP contribution in [0, 0.1) is 0 Å². The van der Waals surface area contributed by atoms with Gasteiger partial charge in [0.15, 0.2) is 0 Å². The third-order valence-electron chi connectivity index (χ3n) is 1.99. The Morgan fingerprint density at radius 2 is 1.93 bits per heavy atom. The standard InChI is InChI=1S/C12H17NO2/c1-3-13-11-7-5-10(6-8-11)9-12(14)15-4-2/h5-8,13H,3-4,9H2,1-2H3. The summed E-state index contributed by atoms with van der Waals surface area (Å²) in [4.78, 5) is 11.2. The van der Waals surface area contributed by atoms with Crippen molar-refractivity contribution in [1.29, 1.82) is 0 Å². The van der Waals surface area contributed by atoms with E-state index in [9.17, 15) is 4.79 Å². The minimum atomic E-state index is -0.172. The lowest BCUT2D eigenvalue weighted by atomic mass is 10.1. The Labute approximate surface area is 90.4 Å². The van der Waals surface area contributed by atoms with Crippen LogP contribution in [0.3, 0.4) is 0 Å². The zero-order valence-electron chi connectivity index (χ0n) is 9.25. The Balaban J connectivity index is 2.52. The molecule has 1 aromatic rings. The van der Waals surface area contributed by atoms with Crippen molar-refractivity contribution < 1.29 is 9.53 Å². The van der Waals surface area contributed by atoms with Crippen LogP contribution in [-0.2, 0) is 16.0 Å². The Kier molecular flexibility index (Phi) is 4.68. The molecule has 3 heteroatoms. The first kappa shape index (κ1) is 11.6. The molecule has 1 rings (SSSR count). The van der Waals surface area contributed by atoms with Crippen LogP contribution >= 0.6 is 0 Å². The van der Waals surface area contributed by atoms with Crippen molar-refractivity contribution in [3.63, 3.8) is 0 Å². The Morgan fingerprint density at radius 3 is 2.47 bits per heavy atom. The number of carbonyl (C=O) groups is 1. The maximum Gasteiger partial charge on any atom is 0.310 e. The first-order valence-electron chi connectivity index (χ1n) is 5.24. The number of nitrogens with one attached hydrogen (secondary N) is 1. The van der Waals surface area contributed by atoms with Gasteiger partial charge in [0.25, 0.3) is 0 Å². The third kappa shape index (κ3) is 4.02. The van der Waals surface area contributed by atoms with Crippen molar-refractivity contribution in [3.8, 4) is 0 Å². The van der Waals surface area contributed by atoms with Gasteiger partial charge in [-0.15, -0.1) is 0 Å². The van der Waals surface area contributed by atoms with Gasteiger partial charge in [0.1, 0.15) is 0 Å². The lowest BCUT2D eigenvalue weighted by Crippen LogP contribution is -2.07. The van der Waals surface area contributed by atoms with E-state index in [2.05, 4.69) is 5.32 Å². The van der Waals surface area contributed by atoms with E-state index in [1.54, 1.807) is 0 Å². The fourth-order valence-corrected chi connectivity index (χ4v) is 1.32. The largest absolute Gasteiger partial charge is 0.466 e. The molecule has 0 spiro atoms. The average molecular weight is 207 g/mol. The highest BCUT2D eigenvalue weighted by Gasteiger charge is 2.03. The van der Waals surface area contributed by atoms with E-state index in [-0.39, 0.29) is 5.97 Å². The van der Waals surface area contributed by atoms with Crippen LogP contribution in [-0.4, -0.2) is 19.1 Å². The normalized spacial score (nSPS) is 9.73. The summed E-state index contributed by atoms with van der Waals surface area (Å²) in [5.41, 5.74) is 2.06. The molecule has 0 aliphatic rings. The van der Waals surface area contributed by atoms with Crippen LogP contribution in [0.1, 0.15) is 19.4 Å². The fraction of sp³-hybridized carbons (Fsp3) is 0.417. The van der Waals surface area contributed by atoms with Crippen LogP contribution in [0.15, 0.2) is 24.3 Å². The molecule has 0 aliphatic heterocycles. The van der Waals surface area contributed by atoms with Gasteiger partial charge in [0.2, 0.25) is 0 Å². The molecule has 0 atom stereocenters. The number of benzene rings is 1. The van der Waals surface area contributed by atoms with Crippen molar-refractivity contribution >= 4 is 11.7 Å². The number of hydrogen-bond acceptors (Lipinski definition) is 3. The second kappa shape index (κ2) is 6.06. The molecule has 0 radical (unpaired) electrons. The molecular weight excluding hydrogens is 190 g/mol. The molecule has 0 amide bonds. The lowest BCUT2D eigenvalue weighted by Gasteiger charge is -2.05. The molecule has 0 heterocycles. The van der Waals surface area contributed by atoms with Crippen molar-refractivity contribution in [2.45, 2.75) is 20.3 Å². The van der Waals surface area contributed by atoms with Crippen molar-refractivity contribution in [3.05, 3.63) is 29.8 Å². The molecule has 0 aromatic heterocycles. The van der Waals surface area contributed by atoms with E-state index in [4.69, 9.17) is 4.74 Å². The van der Waals surface area contributed by atoms with Gasteiger partial charge < -0.3 is 10.1 Å². The molecule has 82 valence electrons. The maximum absolute atomic E-state index is 11.2. The van der Waals surface area contributed by atoms with E-state index in [0.717, 1.165) is 17.8 Å². The molecule has 15 heavy (non-hydrogen) atoms. The smallest absolute Gasteiger partial charge is 0.310 e. The molecular formula is C12H17NO2. The number of hydrogen-bond donors (Lipinski definition) is 1. The summed E-state index contributed by atoms with van der Waals surface area (Å²) in [5, 5.41) is 3.20. The summed E-state index contributed by atoms with van der Waals surface area (Å²) >= 11 is 0. The lowest BCUT2D eigenvalue weighted by molar-refractivity contribution is -0.142. The second-order valence-electron chi connectivity index (χ2n) is 3.21. The van der Waals surface area contributed by atoms with Crippen LogP contribution in [0.4, 0.5) is 5.69 Å². The van der Waals surface area contributed by atoms with Gasteiger partial charge in [-0.1, -0.05) is 12.1 Å². The van der Waals surface area contributed by atoms with Gasteiger partial charge in [-0.3, -0.25) is 4.79 Å². The van der Waals surface area contributed by atoms with E-state index < -0.39 is 0 Å². The van der Waals surface area contributed by atoms with Crippen LogP contribution in [0.5, 0.6) is 0 Å². The summed E-state index contributed by atoms with van der Waals surface area (Å²) in [6.07, 6.45) is 0.347. The highest BCUT2D eigenvalue weighted by molar-refractivity contribution is 5.72. The number of rotatable bonds is 5. The molecule has 0 saturated heterocycles. The first-order valence-corrected chi connectivity index (χ1v) is 5.24.